The maximum atomic E-state index is 12.5. The number of aliphatic hydroxyl groups is 2. The molecule has 6 nitrogen and oxygen atoms in total. The van der Waals surface area contributed by atoms with E-state index >= 15 is 0 Å². The molecule has 6 heteroatoms. The fourth-order valence-electron chi connectivity index (χ4n) is 11.3. The molecular weight excluding hydrogens is 1020 g/mol. The molecule has 486 valence electrons. The zero-order valence-corrected chi connectivity index (χ0v) is 55.7. The highest BCUT2D eigenvalue weighted by Gasteiger charge is 2.18. The van der Waals surface area contributed by atoms with Crippen LogP contribution in [0.3, 0.4) is 0 Å². The van der Waals surface area contributed by atoms with E-state index in [4.69, 9.17) is 4.74 Å². The number of rotatable bonds is 69. The minimum absolute atomic E-state index is 0.00242. The molecule has 0 aromatic carbocycles. The molecule has 2 unspecified atom stereocenters. The van der Waals surface area contributed by atoms with Crippen LogP contribution in [-0.2, 0) is 14.3 Å². The van der Waals surface area contributed by atoms with Crippen molar-refractivity contribution in [2.24, 2.45) is 0 Å². The summed E-state index contributed by atoms with van der Waals surface area (Å²) in [7, 11) is 0. The normalized spacial score (nSPS) is 12.9. The number of allylic oxidation sites excluding steroid dienone is 9. The summed E-state index contributed by atoms with van der Waals surface area (Å²) in [6, 6.07) is -0.627. The molecule has 2 atom stereocenters. The van der Waals surface area contributed by atoms with Crippen LogP contribution >= 0.6 is 0 Å². The zero-order valence-electron chi connectivity index (χ0n) is 55.7. The smallest absolute Gasteiger partial charge is 0.305 e. The molecule has 0 aliphatic carbocycles. The molecule has 0 spiro atoms. The van der Waals surface area contributed by atoms with Crippen molar-refractivity contribution < 1.29 is 24.5 Å². The predicted molar refractivity (Wildman–Crippen MR) is 365 cm³/mol. The van der Waals surface area contributed by atoms with Crippen molar-refractivity contribution in [1.29, 1.82) is 0 Å². The van der Waals surface area contributed by atoms with Gasteiger partial charge in [0.1, 0.15) is 0 Å². The number of aliphatic hydroxyl groups excluding tert-OH is 2. The molecule has 0 saturated heterocycles. The Morgan fingerprint density at radius 3 is 0.940 bits per heavy atom. The van der Waals surface area contributed by atoms with Gasteiger partial charge in [0.15, 0.2) is 0 Å². The summed E-state index contributed by atoms with van der Waals surface area (Å²) in [4.78, 5) is 24.6. The highest BCUT2D eigenvalue weighted by Crippen LogP contribution is 2.18. The van der Waals surface area contributed by atoms with Crippen molar-refractivity contribution in [2.45, 2.75) is 405 Å². The van der Waals surface area contributed by atoms with Crippen molar-refractivity contribution in [3.05, 3.63) is 60.8 Å². The molecule has 0 heterocycles. The van der Waals surface area contributed by atoms with E-state index in [-0.39, 0.29) is 18.5 Å². The molecule has 0 saturated carbocycles. The highest BCUT2D eigenvalue weighted by molar-refractivity contribution is 5.76. The average Bonchev–Trinajstić information content (AvgIpc) is 3.49. The van der Waals surface area contributed by atoms with Crippen LogP contribution < -0.4 is 5.32 Å². The molecule has 0 radical (unpaired) electrons. The zero-order chi connectivity index (χ0) is 59.9. The third kappa shape index (κ3) is 68.5. The molecule has 0 fully saturated rings. The lowest BCUT2D eigenvalue weighted by Crippen LogP contribution is -2.45. The van der Waals surface area contributed by atoms with Gasteiger partial charge in [0.25, 0.3) is 0 Å². The van der Waals surface area contributed by atoms with Gasteiger partial charge in [-0.2, -0.15) is 0 Å². The maximum Gasteiger partial charge on any atom is 0.305 e. The van der Waals surface area contributed by atoms with Gasteiger partial charge in [0.2, 0.25) is 5.91 Å². The number of amides is 1. The highest BCUT2D eigenvalue weighted by atomic mass is 16.5. The largest absolute Gasteiger partial charge is 0.466 e. The fraction of sp³-hybridized carbons (Fsp3) is 0.844. The second-order valence-electron chi connectivity index (χ2n) is 25.3. The molecule has 0 aromatic heterocycles. The van der Waals surface area contributed by atoms with Crippen LogP contribution in [0.2, 0.25) is 0 Å². The molecule has 1 amide bonds. The van der Waals surface area contributed by atoms with E-state index in [1.807, 2.05) is 6.08 Å². The molecule has 0 aliphatic rings. The third-order valence-corrected chi connectivity index (χ3v) is 17.0. The first kappa shape index (κ1) is 80.6. The minimum atomic E-state index is -0.844. The Labute approximate surface area is 518 Å². The van der Waals surface area contributed by atoms with E-state index in [9.17, 15) is 19.8 Å². The second-order valence-corrected chi connectivity index (χ2v) is 25.3. The Balaban J connectivity index is 3.39. The third-order valence-electron chi connectivity index (χ3n) is 17.0. The molecule has 3 N–H and O–H groups in total. The summed E-state index contributed by atoms with van der Waals surface area (Å²) >= 11 is 0. The van der Waals surface area contributed by atoms with E-state index in [2.05, 4.69) is 67.8 Å². The first-order valence-corrected chi connectivity index (χ1v) is 37.1. The van der Waals surface area contributed by atoms with E-state index in [1.54, 1.807) is 6.08 Å². The van der Waals surface area contributed by atoms with E-state index in [0.29, 0.717) is 19.4 Å². The van der Waals surface area contributed by atoms with Gasteiger partial charge in [0.05, 0.1) is 25.4 Å². The first-order chi connectivity index (χ1) is 41.0. The number of hydrogen-bond donors (Lipinski definition) is 3. The van der Waals surface area contributed by atoms with Crippen molar-refractivity contribution in [1.82, 2.24) is 5.32 Å². The standard InChI is InChI=1S/C77H143NO5/c1-3-5-7-9-11-13-15-17-19-42-45-49-53-57-61-65-69-75(80)74(73-79)78-76(81)70-66-62-58-54-50-46-43-39-37-35-33-31-29-27-25-23-21-20-22-24-26-28-30-32-34-36-38-40-44-48-52-56-60-64-68-72-83-77(82)71-67-63-59-55-51-47-41-18-16-14-12-10-8-6-4-2/h12,14,18,22,24,28,30,41,65,69,74-75,79-80H,3-11,13,15-17,19-21,23,25-27,29,31-40,42-64,66-68,70-73H2,1-2H3,(H,78,81)/b14-12-,24-22-,30-28-,41-18-,69-65+. The van der Waals surface area contributed by atoms with Gasteiger partial charge in [-0.1, -0.05) is 344 Å². The summed E-state index contributed by atoms with van der Waals surface area (Å²) in [5, 5.41) is 23.2. The number of carbonyl (C=O) groups is 2. The lowest BCUT2D eigenvalue weighted by Gasteiger charge is -2.20. The fourth-order valence-corrected chi connectivity index (χ4v) is 11.3. The summed E-state index contributed by atoms with van der Waals surface area (Å²) in [6.07, 6.45) is 96.0. The molecule has 0 aliphatic heterocycles. The van der Waals surface area contributed by atoms with Gasteiger partial charge >= 0.3 is 5.97 Å². The van der Waals surface area contributed by atoms with Gasteiger partial charge in [-0.25, -0.2) is 0 Å². The minimum Gasteiger partial charge on any atom is -0.466 e. The second kappa shape index (κ2) is 72.0. The van der Waals surface area contributed by atoms with E-state index in [0.717, 1.165) is 57.8 Å². The van der Waals surface area contributed by atoms with Crippen molar-refractivity contribution in [2.75, 3.05) is 13.2 Å². The summed E-state index contributed by atoms with van der Waals surface area (Å²) < 4.78 is 5.49. The van der Waals surface area contributed by atoms with Crippen LogP contribution in [0.25, 0.3) is 0 Å². The Bertz CT molecular complexity index is 1430. The van der Waals surface area contributed by atoms with Gasteiger partial charge in [-0.05, 0) is 96.3 Å². The molecule has 0 bridgehead atoms. The lowest BCUT2D eigenvalue weighted by molar-refractivity contribution is -0.143. The van der Waals surface area contributed by atoms with E-state index in [1.165, 1.54) is 308 Å². The van der Waals surface area contributed by atoms with E-state index < -0.39 is 12.1 Å². The van der Waals surface area contributed by atoms with Crippen molar-refractivity contribution >= 4 is 11.9 Å². The topological polar surface area (TPSA) is 95.9 Å². The van der Waals surface area contributed by atoms with Crippen LogP contribution in [0.15, 0.2) is 60.8 Å². The van der Waals surface area contributed by atoms with Crippen molar-refractivity contribution in [3.63, 3.8) is 0 Å². The SMILES string of the molecule is CCCCC/C=C\C/C=C\CCCCCCCC(=O)OCCCCCCCCCCCCC/C=C\C/C=C\CCCCCCCCCCCCCCCCCCCC(=O)NC(CO)C(O)/C=C/CCCCCCCCCCCCCCCC. The quantitative estimate of drug-likeness (QED) is 0.0320. The lowest BCUT2D eigenvalue weighted by atomic mass is 10.0. The number of hydrogen-bond acceptors (Lipinski definition) is 5. The number of nitrogens with one attached hydrogen (secondary N) is 1. The number of ether oxygens (including phenoxy) is 1. The molecule has 0 rings (SSSR count). The summed E-state index contributed by atoms with van der Waals surface area (Å²) in [5.41, 5.74) is 0. The Kier molecular flexibility index (Phi) is 69.9. The van der Waals surface area contributed by atoms with Crippen LogP contribution in [0.4, 0.5) is 0 Å². The van der Waals surface area contributed by atoms with Crippen molar-refractivity contribution in [3.8, 4) is 0 Å². The van der Waals surface area contributed by atoms with Crippen LogP contribution in [0, 0.1) is 0 Å². The number of unbranched alkanes of at least 4 members (excludes halogenated alkanes) is 50. The first-order valence-electron chi connectivity index (χ1n) is 37.1. The number of esters is 1. The molecule has 83 heavy (non-hydrogen) atoms. The molecular formula is C77H143NO5. The predicted octanol–water partition coefficient (Wildman–Crippen LogP) is 24.2. The number of carbonyl (C=O) groups excluding carboxylic acids is 2. The van der Waals surface area contributed by atoms with Crippen LogP contribution in [0.5, 0.6) is 0 Å². The summed E-state index contributed by atoms with van der Waals surface area (Å²) in [6.45, 7) is 4.89. The summed E-state index contributed by atoms with van der Waals surface area (Å²) in [5.74, 6) is -0.0612. The van der Waals surface area contributed by atoms with Crippen LogP contribution in [0.1, 0.15) is 393 Å². The van der Waals surface area contributed by atoms with Gasteiger partial charge in [0, 0.05) is 12.8 Å². The average molecular weight is 1160 g/mol. The van der Waals surface area contributed by atoms with Gasteiger partial charge in [-0.15, -0.1) is 0 Å². The Morgan fingerprint density at radius 2 is 0.602 bits per heavy atom. The molecule has 0 aromatic rings. The maximum absolute atomic E-state index is 12.5. The monoisotopic (exact) mass is 1160 g/mol. The van der Waals surface area contributed by atoms with Crippen LogP contribution in [-0.4, -0.2) is 47.4 Å². The Morgan fingerprint density at radius 1 is 0.337 bits per heavy atom. The Hall–Kier alpha value is -2.44. The van der Waals surface area contributed by atoms with Gasteiger partial charge < -0.3 is 20.3 Å². The van der Waals surface area contributed by atoms with Gasteiger partial charge in [-0.3, -0.25) is 9.59 Å².